The number of nitrogens with two attached hydrogens (primary N) is 1. The maximum absolute atomic E-state index is 12.3. The molecular weight excluding hydrogens is 468 g/mol. The van der Waals surface area contributed by atoms with E-state index in [9.17, 15) is 9.90 Å². The third kappa shape index (κ3) is 9.02. The number of aliphatic hydroxyl groups is 1. The molecule has 1 saturated carbocycles. The highest BCUT2D eigenvalue weighted by Crippen LogP contribution is 2.32. The van der Waals surface area contributed by atoms with E-state index in [1.807, 2.05) is 36.4 Å². The van der Waals surface area contributed by atoms with Crippen LogP contribution in [0.5, 0.6) is 11.5 Å². The van der Waals surface area contributed by atoms with Crippen molar-refractivity contribution < 1.29 is 24.1 Å². The fourth-order valence-corrected chi connectivity index (χ4v) is 4.52. The van der Waals surface area contributed by atoms with Crippen LogP contribution >= 0.6 is 0 Å². The zero-order chi connectivity index (χ0) is 26.8. The van der Waals surface area contributed by atoms with E-state index in [-0.39, 0.29) is 23.8 Å². The summed E-state index contributed by atoms with van der Waals surface area (Å²) in [4.78, 5) is 12.3. The first-order valence-corrected chi connectivity index (χ1v) is 13.4. The number of para-hydroxylation sites is 1. The van der Waals surface area contributed by atoms with Crippen LogP contribution in [0.3, 0.4) is 0 Å². The van der Waals surface area contributed by atoms with E-state index in [1.165, 1.54) is 0 Å². The molecule has 0 aliphatic heterocycles. The van der Waals surface area contributed by atoms with Gasteiger partial charge in [0.25, 0.3) is 0 Å². The minimum Gasteiger partial charge on any atom is -0.493 e. The molecule has 0 saturated heterocycles. The van der Waals surface area contributed by atoms with Crippen LogP contribution in [0.2, 0.25) is 0 Å². The topological polar surface area (TPSA) is 103 Å². The molecule has 1 fully saturated rings. The van der Waals surface area contributed by atoms with Gasteiger partial charge in [-0.3, -0.25) is 4.79 Å². The summed E-state index contributed by atoms with van der Waals surface area (Å²) in [7, 11) is 3.32. The van der Waals surface area contributed by atoms with Crippen molar-refractivity contribution in [2.24, 2.45) is 23.5 Å². The van der Waals surface area contributed by atoms with Crippen LogP contribution in [0.1, 0.15) is 50.7 Å². The summed E-state index contributed by atoms with van der Waals surface area (Å²) >= 11 is 0. The molecule has 2 aromatic rings. The summed E-state index contributed by atoms with van der Waals surface area (Å²) in [5.41, 5.74) is 9.37. The lowest BCUT2D eigenvalue weighted by atomic mass is 9.82. The molecule has 1 amide bonds. The van der Waals surface area contributed by atoms with E-state index >= 15 is 0 Å². The lowest BCUT2D eigenvalue weighted by Gasteiger charge is -2.28. The van der Waals surface area contributed by atoms with Gasteiger partial charge in [0.1, 0.15) is 0 Å². The Kier molecular flexibility index (Phi) is 11.2. The molecule has 0 aromatic heterocycles. The predicted octanol–water partition coefficient (Wildman–Crippen LogP) is 4.59. The van der Waals surface area contributed by atoms with E-state index < -0.39 is 6.10 Å². The van der Waals surface area contributed by atoms with E-state index in [4.69, 9.17) is 19.9 Å². The van der Waals surface area contributed by atoms with E-state index in [0.717, 1.165) is 48.2 Å². The van der Waals surface area contributed by atoms with Crippen LogP contribution < -0.4 is 20.5 Å². The van der Waals surface area contributed by atoms with Crippen molar-refractivity contribution >= 4 is 11.6 Å². The molecule has 3 atom stereocenters. The number of aliphatic hydroxyl groups excluding tert-OH is 1. The maximum atomic E-state index is 12.3. The van der Waals surface area contributed by atoms with Crippen LogP contribution in [0.15, 0.2) is 42.5 Å². The Morgan fingerprint density at radius 2 is 1.84 bits per heavy atom. The van der Waals surface area contributed by atoms with Crippen molar-refractivity contribution in [3.05, 3.63) is 53.6 Å². The number of carbonyl (C=O) groups excluding carboxylic acids is 1. The Morgan fingerprint density at radius 1 is 1.08 bits per heavy atom. The molecule has 7 nitrogen and oxygen atoms in total. The average Bonchev–Trinajstić information content (AvgIpc) is 3.73. The standard InChI is InChI=1S/C30H44N2O5/c1-20(2)24(16-21-10-13-28(36-4)29(17-21)37-15-7-14-35-3)18-25(31)27(33)19-23-8-5-6-9-26(23)32-30(34)22-11-12-22/h5-6,8-10,13,17,20,22,24-25,27,33H,7,11-12,14-16,18-19,31H2,1-4H3,(H,32,34). The zero-order valence-electron chi connectivity index (χ0n) is 22.7. The van der Waals surface area contributed by atoms with Gasteiger partial charge in [-0.15, -0.1) is 0 Å². The molecule has 2 aromatic carbocycles. The van der Waals surface area contributed by atoms with Gasteiger partial charge < -0.3 is 30.4 Å². The molecule has 37 heavy (non-hydrogen) atoms. The van der Waals surface area contributed by atoms with Crippen molar-refractivity contribution in [1.82, 2.24) is 0 Å². The summed E-state index contributed by atoms with van der Waals surface area (Å²) in [5.74, 6) is 2.30. The van der Waals surface area contributed by atoms with Crippen LogP contribution in [0.25, 0.3) is 0 Å². The number of rotatable bonds is 16. The summed E-state index contributed by atoms with van der Waals surface area (Å²) in [6.45, 7) is 5.59. The highest BCUT2D eigenvalue weighted by Gasteiger charge is 2.30. The van der Waals surface area contributed by atoms with Crippen molar-refractivity contribution in [3.8, 4) is 11.5 Å². The highest BCUT2D eigenvalue weighted by molar-refractivity contribution is 5.94. The number of benzene rings is 2. The van der Waals surface area contributed by atoms with Crippen molar-refractivity contribution in [2.45, 2.75) is 64.5 Å². The van der Waals surface area contributed by atoms with E-state index in [1.54, 1.807) is 14.2 Å². The van der Waals surface area contributed by atoms with Crippen molar-refractivity contribution in [3.63, 3.8) is 0 Å². The molecule has 1 aliphatic carbocycles. The number of carbonyl (C=O) groups is 1. The zero-order valence-corrected chi connectivity index (χ0v) is 22.7. The highest BCUT2D eigenvalue weighted by atomic mass is 16.5. The number of methoxy groups -OCH3 is 2. The maximum Gasteiger partial charge on any atom is 0.227 e. The number of hydrogen-bond acceptors (Lipinski definition) is 6. The summed E-state index contributed by atoms with van der Waals surface area (Å²) < 4.78 is 16.5. The van der Waals surface area contributed by atoms with Crippen LogP contribution in [-0.4, -0.2) is 50.6 Å². The molecule has 3 rings (SSSR count). The first kappa shape index (κ1) is 29.0. The second-order valence-electron chi connectivity index (χ2n) is 10.5. The Labute approximate surface area is 221 Å². The Morgan fingerprint density at radius 3 is 2.51 bits per heavy atom. The predicted molar refractivity (Wildman–Crippen MR) is 147 cm³/mol. The molecule has 204 valence electrons. The summed E-state index contributed by atoms with van der Waals surface area (Å²) in [6.07, 6.45) is 3.90. The van der Waals surface area contributed by atoms with Gasteiger partial charge >= 0.3 is 0 Å². The van der Waals surface area contributed by atoms with Crippen LogP contribution in [-0.2, 0) is 22.4 Å². The molecule has 0 spiro atoms. The van der Waals surface area contributed by atoms with Gasteiger partial charge in [-0.2, -0.15) is 0 Å². The molecule has 0 radical (unpaired) electrons. The molecule has 0 bridgehead atoms. The summed E-state index contributed by atoms with van der Waals surface area (Å²) in [6, 6.07) is 13.3. The first-order valence-electron chi connectivity index (χ1n) is 13.4. The monoisotopic (exact) mass is 512 g/mol. The first-order chi connectivity index (χ1) is 17.8. The SMILES string of the molecule is COCCCOc1cc(CC(CC(N)C(O)Cc2ccccc2NC(=O)C2CC2)C(C)C)ccc1OC. The van der Waals surface area contributed by atoms with E-state index in [0.29, 0.717) is 37.7 Å². The van der Waals surface area contributed by atoms with Gasteiger partial charge in [0.2, 0.25) is 5.91 Å². The van der Waals surface area contributed by atoms with Gasteiger partial charge in [0.05, 0.1) is 19.8 Å². The van der Waals surface area contributed by atoms with Crippen LogP contribution in [0, 0.1) is 17.8 Å². The van der Waals surface area contributed by atoms with E-state index in [2.05, 4.69) is 25.2 Å². The molecule has 4 N–H and O–H groups in total. The Hall–Kier alpha value is -2.61. The molecule has 0 heterocycles. The number of hydrogen-bond donors (Lipinski definition) is 3. The molecule has 7 heteroatoms. The minimum absolute atomic E-state index is 0.0626. The quantitative estimate of drug-likeness (QED) is 0.284. The Bertz CT molecular complexity index is 992. The number of ether oxygens (including phenoxy) is 3. The fraction of sp³-hybridized carbons (Fsp3) is 0.567. The van der Waals surface area contributed by atoms with Gasteiger partial charge in [0, 0.05) is 44.2 Å². The third-order valence-electron chi connectivity index (χ3n) is 7.14. The average molecular weight is 513 g/mol. The lowest BCUT2D eigenvalue weighted by molar-refractivity contribution is -0.117. The van der Waals surface area contributed by atoms with Gasteiger partial charge in [0.15, 0.2) is 11.5 Å². The fourth-order valence-electron chi connectivity index (χ4n) is 4.52. The van der Waals surface area contributed by atoms with Gasteiger partial charge in [-0.25, -0.2) is 0 Å². The smallest absolute Gasteiger partial charge is 0.227 e. The van der Waals surface area contributed by atoms with Crippen molar-refractivity contribution in [1.29, 1.82) is 0 Å². The lowest BCUT2D eigenvalue weighted by Crippen LogP contribution is -2.39. The van der Waals surface area contributed by atoms with Gasteiger partial charge in [-0.1, -0.05) is 38.1 Å². The van der Waals surface area contributed by atoms with Crippen LogP contribution in [0.4, 0.5) is 5.69 Å². The third-order valence-corrected chi connectivity index (χ3v) is 7.14. The minimum atomic E-state index is -0.712. The molecular formula is C30H44N2O5. The van der Waals surface area contributed by atoms with Crippen molar-refractivity contribution in [2.75, 3.05) is 32.8 Å². The second-order valence-corrected chi connectivity index (χ2v) is 10.5. The summed E-state index contributed by atoms with van der Waals surface area (Å²) in [5, 5.41) is 14.0. The molecule has 1 aliphatic rings. The largest absolute Gasteiger partial charge is 0.493 e. The van der Waals surface area contributed by atoms with Gasteiger partial charge in [-0.05, 0) is 66.8 Å². The number of nitrogens with one attached hydrogen (secondary N) is 1. The second kappa shape index (κ2) is 14.4. The number of anilines is 1. The normalized spacial score (nSPS) is 15.8. The Balaban J connectivity index is 1.62. The number of amides is 1. The molecule has 3 unspecified atom stereocenters.